The predicted molar refractivity (Wildman–Crippen MR) is 89.3 cm³/mol. The zero-order valence-electron chi connectivity index (χ0n) is 14.0. The van der Waals surface area contributed by atoms with E-state index in [1.165, 1.54) is 31.2 Å². The molecule has 0 fully saturated rings. The van der Waals surface area contributed by atoms with Crippen molar-refractivity contribution in [2.75, 3.05) is 13.2 Å². The molecule has 0 unspecified atom stereocenters. The number of fused-ring (bicyclic) bond motifs is 1. The molecule has 0 aromatic heterocycles. The second-order valence-electron chi connectivity index (χ2n) is 5.69. The standard InChI is InChI=1S/C19H16FNO5/c1-12(26-14-8-6-13(20)7-9-14)19(24)25-11-10-21-17(22)15-4-2-3-5-16(15)18(21)23/h2-9,12H,10-11H2,1H3/t12-/m1/s1. The van der Waals surface area contributed by atoms with Crippen molar-refractivity contribution < 1.29 is 28.2 Å². The largest absolute Gasteiger partial charge is 0.479 e. The molecule has 1 atom stereocenters. The van der Waals surface area contributed by atoms with Gasteiger partial charge in [-0.15, -0.1) is 0 Å². The second-order valence-corrected chi connectivity index (χ2v) is 5.69. The third kappa shape index (κ3) is 3.56. The van der Waals surface area contributed by atoms with Crippen molar-refractivity contribution in [3.8, 4) is 5.75 Å². The molecule has 0 radical (unpaired) electrons. The quantitative estimate of drug-likeness (QED) is 0.586. The predicted octanol–water partition coefficient (Wildman–Crippen LogP) is 2.43. The Bertz CT molecular complexity index is 814. The van der Waals surface area contributed by atoms with Crippen LogP contribution in [0.25, 0.3) is 0 Å². The summed E-state index contributed by atoms with van der Waals surface area (Å²) in [5.41, 5.74) is 0.689. The summed E-state index contributed by atoms with van der Waals surface area (Å²) in [6, 6.07) is 11.8. The number of hydrogen-bond acceptors (Lipinski definition) is 5. The highest BCUT2D eigenvalue weighted by molar-refractivity contribution is 6.21. The van der Waals surface area contributed by atoms with E-state index in [1.54, 1.807) is 24.3 Å². The number of ether oxygens (including phenoxy) is 2. The minimum absolute atomic E-state index is 0.0403. The molecule has 2 amide bonds. The number of benzene rings is 2. The number of nitrogens with zero attached hydrogens (tertiary/aromatic N) is 1. The molecule has 0 spiro atoms. The molecule has 1 heterocycles. The van der Waals surface area contributed by atoms with E-state index < -0.39 is 29.7 Å². The number of amides is 2. The summed E-state index contributed by atoms with van der Waals surface area (Å²) in [6.45, 7) is 1.32. The summed E-state index contributed by atoms with van der Waals surface area (Å²) < 4.78 is 23.3. The number of carbonyl (C=O) groups excluding carboxylic acids is 3. The maximum absolute atomic E-state index is 12.9. The van der Waals surface area contributed by atoms with Crippen LogP contribution in [0.15, 0.2) is 48.5 Å². The lowest BCUT2D eigenvalue weighted by Crippen LogP contribution is -2.35. The number of hydrogen-bond donors (Lipinski definition) is 0. The molecule has 0 bridgehead atoms. The Labute approximate surface area is 149 Å². The summed E-state index contributed by atoms with van der Waals surface area (Å²) in [5.74, 6) is -1.54. The highest BCUT2D eigenvalue weighted by atomic mass is 19.1. The third-order valence-corrected chi connectivity index (χ3v) is 3.90. The number of rotatable bonds is 6. The van der Waals surface area contributed by atoms with Crippen molar-refractivity contribution in [3.63, 3.8) is 0 Å². The first-order chi connectivity index (χ1) is 12.5. The van der Waals surface area contributed by atoms with Crippen molar-refractivity contribution in [3.05, 3.63) is 65.5 Å². The molecule has 2 aromatic carbocycles. The average molecular weight is 357 g/mol. The molecule has 1 aliphatic heterocycles. The van der Waals surface area contributed by atoms with Gasteiger partial charge in [0.1, 0.15) is 18.2 Å². The van der Waals surface area contributed by atoms with Gasteiger partial charge in [0, 0.05) is 0 Å². The summed E-state index contributed by atoms with van der Waals surface area (Å²) in [4.78, 5) is 37.4. The maximum atomic E-state index is 12.9. The van der Waals surface area contributed by atoms with E-state index in [1.807, 2.05) is 0 Å². The molecule has 0 N–H and O–H groups in total. The zero-order valence-corrected chi connectivity index (χ0v) is 14.0. The maximum Gasteiger partial charge on any atom is 0.347 e. The molecule has 26 heavy (non-hydrogen) atoms. The summed E-state index contributed by atoms with van der Waals surface area (Å²) in [7, 11) is 0. The fourth-order valence-corrected chi connectivity index (χ4v) is 2.56. The van der Waals surface area contributed by atoms with Gasteiger partial charge in [-0.25, -0.2) is 9.18 Å². The van der Waals surface area contributed by atoms with Gasteiger partial charge in [0.25, 0.3) is 11.8 Å². The van der Waals surface area contributed by atoms with Crippen molar-refractivity contribution >= 4 is 17.8 Å². The topological polar surface area (TPSA) is 72.9 Å². The third-order valence-electron chi connectivity index (χ3n) is 3.90. The Hall–Kier alpha value is -3.22. The van der Waals surface area contributed by atoms with Gasteiger partial charge in [-0.3, -0.25) is 14.5 Å². The van der Waals surface area contributed by atoms with Gasteiger partial charge >= 0.3 is 5.97 Å². The fraction of sp³-hybridized carbons (Fsp3) is 0.211. The lowest BCUT2D eigenvalue weighted by molar-refractivity contribution is -0.151. The van der Waals surface area contributed by atoms with E-state index in [9.17, 15) is 18.8 Å². The number of halogens is 1. The van der Waals surface area contributed by atoms with Crippen molar-refractivity contribution in [1.29, 1.82) is 0 Å². The van der Waals surface area contributed by atoms with Crippen LogP contribution in [-0.2, 0) is 9.53 Å². The van der Waals surface area contributed by atoms with Crippen LogP contribution in [0.3, 0.4) is 0 Å². The highest BCUT2D eigenvalue weighted by Crippen LogP contribution is 2.22. The Morgan fingerprint density at radius 1 is 1.04 bits per heavy atom. The number of carbonyl (C=O) groups is 3. The van der Waals surface area contributed by atoms with Gasteiger partial charge in [0.15, 0.2) is 6.10 Å². The van der Waals surface area contributed by atoms with Crippen LogP contribution < -0.4 is 4.74 Å². The first-order valence-electron chi connectivity index (χ1n) is 8.01. The summed E-state index contributed by atoms with van der Waals surface area (Å²) in [6.07, 6.45) is -0.914. The summed E-state index contributed by atoms with van der Waals surface area (Å²) >= 11 is 0. The van der Waals surface area contributed by atoms with Gasteiger partial charge < -0.3 is 9.47 Å². The molecule has 0 saturated carbocycles. The Balaban J connectivity index is 1.50. The molecule has 6 nitrogen and oxygen atoms in total. The van der Waals surface area contributed by atoms with Gasteiger partial charge in [-0.1, -0.05) is 12.1 Å². The molecule has 1 aliphatic rings. The van der Waals surface area contributed by atoms with Crippen LogP contribution in [0.1, 0.15) is 27.6 Å². The lowest BCUT2D eigenvalue weighted by Gasteiger charge is -2.16. The van der Waals surface area contributed by atoms with Crippen LogP contribution in [0.5, 0.6) is 5.75 Å². The fourth-order valence-electron chi connectivity index (χ4n) is 2.56. The van der Waals surface area contributed by atoms with Crippen LogP contribution in [0, 0.1) is 5.82 Å². The lowest BCUT2D eigenvalue weighted by atomic mass is 10.1. The van der Waals surface area contributed by atoms with Gasteiger partial charge in [-0.05, 0) is 43.3 Å². The van der Waals surface area contributed by atoms with Crippen LogP contribution in [0.4, 0.5) is 4.39 Å². The van der Waals surface area contributed by atoms with E-state index in [0.29, 0.717) is 16.9 Å². The van der Waals surface area contributed by atoms with Crippen LogP contribution >= 0.6 is 0 Å². The van der Waals surface area contributed by atoms with Crippen molar-refractivity contribution in [2.45, 2.75) is 13.0 Å². The van der Waals surface area contributed by atoms with E-state index >= 15 is 0 Å². The van der Waals surface area contributed by atoms with Crippen molar-refractivity contribution in [2.24, 2.45) is 0 Å². The SMILES string of the molecule is C[C@@H](Oc1ccc(F)cc1)C(=O)OCCN1C(=O)c2ccccc2C1=O. The zero-order chi connectivity index (χ0) is 18.7. The highest BCUT2D eigenvalue weighted by Gasteiger charge is 2.34. The molecule has 7 heteroatoms. The Morgan fingerprint density at radius 3 is 2.19 bits per heavy atom. The second kappa shape index (κ2) is 7.35. The minimum Gasteiger partial charge on any atom is -0.479 e. The number of imide groups is 1. The minimum atomic E-state index is -0.914. The van der Waals surface area contributed by atoms with E-state index in [2.05, 4.69) is 0 Å². The van der Waals surface area contributed by atoms with Gasteiger partial charge in [-0.2, -0.15) is 0 Å². The van der Waals surface area contributed by atoms with E-state index in [-0.39, 0.29) is 13.2 Å². The monoisotopic (exact) mass is 357 g/mol. The Morgan fingerprint density at radius 2 is 1.62 bits per heavy atom. The molecular weight excluding hydrogens is 341 g/mol. The average Bonchev–Trinajstić information content (AvgIpc) is 2.88. The molecule has 0 aliphatic carbocycles. The first kappa shape index (κ1) is 17.6. The van der Waals surface area contributed by atoms with Crippen molar-refractivity contribution in [1.82, 2.24) is 4.90 Å². The number of esters is 1. The van der Waals surface area contributed by atoms with E-state index in [0.717, 1.165) is 4.90 Å². The van der Waals surface area contributed by atoms with Crippen LogP contribution in [0.2, 0.25) is 0 Å². The molecule has 134 valence electrons. The molecular formula is C19H16FNO5. The van der Waals surface area contributed by atoms with E-state index in [4.69, 9.17) is 9.47 Å². The first-order valence-corrected chi connectivity index (χ1v) is 8.01. The smallest absolute Gasteiger partial charge is 0.347 e. The molecule has 0 saturated heterocycles. The molecule has 3 rings (SSSR count). The van der Waals surface area contributed by atoms with Gasteiger partial charge in [0.2, 0.25) is 0 Å². The normalized spacial score (nSPS) is 14.2. The molecule has 2 aromatic rings. The van der Waals surface area contributed by atoms with Gasteiger partial charge in [0.05, 0.1) is 17.7 Å². The van der Waals surface area contributed by atoms with Crippen LogP contribution in [-0.4, -0.2) is 41.9 Å². The Kier molecular flexibility index (Phi) is 4.97. The summed E-state index contributed by atoms with van der Waals surface area (Å²) in [5, 5.41) is 0.